The van der Waals surface area contributed by atoms with Gasteiger partial charge in [0, 0.05) is 19.5 Å². The number of ether oxygens (including phenoxy) is 2. The number of benzene rings is 1. The summed E-state index contributed by atoms with van der Waals surface area (Å²) >= 11 is 0. The molecule has 1 amide bonds. The Morgan fingerprint density at radius 3 is 2.24 bits per heavy atom. The molecule has 0 bridgehead atoms. The van der Waals surface area contributed by atoms with Crippen molar-refractivity contribution < 1.29 is 28.2 Å². The van der Waals surface area contributed by atoms with Crippen LogP contribution in [0.4, 0.5) is 8.78 Å². The molecule has 0 radical (unpaired) electrons. The lowest BCUT2D eigenvalue weighted by Gasteiger charge is -2.22. The minimum atomic E-state index is -2.90. The number of hydrogen-bond acceptors (Lipinski definition) is 5. The molecule has 1 heterocycles. The van der Waals surface area contributed by atoms with E-state index in [-0.39, 0.29) is 17.9 Å². The highest BCUT2D eigenvalue weighted by Gasteiger charge is 2.28. The summed E-state index contributed by atoms with van der Waals surface area (Å²) in [6.45, 7) is 5.97. The van der Waals surface area contributed by atoms with Crippen LogP contribution in [0.3, 0.4) is 0 Å². The second kappa shape index (κ2) is 10.4. The number of nitrogens with one attached hydrogen (secondary N) is 2. The summed E-state index contributed by atoms with van der Waals surface area (Å²) in [5.41, 5.74) is 2.23. The highest BCUT2D eigenvalue weighted by Crippen LogP contribution is 2.32. The first-order chi connectivity index (χ1) is 13.8. The maximum Gasteiger partial charge on any atom is 0.281 e. The van der Waals surface area contributed by atoms with Gasteiger partial charge in [0.05, 0.1) is 13.2 Å². The number of aliphatic hydroxyl groups excluding tert-OH is 1. The van der Waals surface area contributed by atoms with Gasteiger partial charge in [-0.25, -0.2) is 8.78 Å². The van der Waals surface area contributed by atoms with Gasteiger partial charge < -0.3 is 25.2 Å². The number of rotatable bonds is 7. The molecule has 0 saturated heterocycles. The van der Waals surface area contributed by atoms with Crippen LogP contribution in [0.2, 0.25) is 0 Å². The van der Waals surface area contributed by atoms with E-state index < -0.39 is 18.4 Å². The fourth-order valence-corrected chi connectivity index (χ4v) is 3.09. The molecule has 0 aromatic heterocycles. The zero-order valence-electron chi connectivity index (χ0n) is 17.2. The van der Waals surface area contributed by atoms with Gasteiger partial charge in [0.15, 0.2) is 12.5 Å². The van der Waals surface area contributed by atoms with Gasteiger partial charge in [-0.15, -0.1) is 0 Å². The third kappa shape index (κ3) is 6.06. The van der Waals surface area contributed by atoms with Gasteiger partial charge >= 0.3 is 0 Å². The number of carbonyl (C=O) groups excluding carboxylic acids is 1. The largest absolute Gasteiger partial charge is 0.494 e. The van der Waals surface area contributed by atoms with Crippen LogP contribution >= 0.6 is 0 Å². The number of aryl methyl sites for hydroxylation is 2. The molecular formula is C21H30F2N2O4. The maximum atomic E-state index is 13.6. The van der Waals surface area contributed by atoms with E-state index in [9.17, 15) is 18.7 Å². The van der Waals surface area contributed by atoms with Crippen LogP contribution in [0.25, 0.3) is 5.57 Å². The van der Waals surface area contributed by atoms with E-state index in [2.05, 4.69) is 10.6 Å². The fourth-order valence-electron chi connectivity index (χ4n) is 3.09. The molecule has 1 aliphatic heterocycles. The summed E-state index contributed by atoms with van der Waals surface area (Å²) in [5, 5.41) is 16.2. The zero-order chi connectivity index (χ0) is 21.4. The Bertz CT molecular complexity index is 725. The van der Waals surface area contributed by atoms with E-state index >= 15 is 0 Å². The number of halogens is 2. The molecule has 0 fully saturated rings. The third-order valence-electron chi connectivity index (χ3n) is 4.79. The second-order valence-electron chi connectivity index (χ2n) is 6.84. The predicted molar refractivity (Wildman–Crippen MR) is 107 cm³/mol. The number of carbonyl (C=O) groups is 1. The van der Waals surface area contributed by atoms with Crippen LogP contribution in [0, 0.1) is 0 Å². The lowest BCUT2D eigenvalue weighted by molar-refractivity contribution is -0.116. The van der Waals surface area contributed by atoms with Crippen molar-refractivity contribution in [3.8, 4) is 5.75 Å². The van der Waals surface area contributed by atoms with Crippen molar-refractivity contribution in [2.45, 2.75) is 46.0 Å². The summed E-state index contributed by atoms with van der Waals surface area (Å²) in [6.07, 6.45) is 0.774. The molecule has 0 aliphatic carbocycles. The first-order valence-electron chi connectivity index (χ1n) is 10.0. The Labute approximate surface area is 170 Å². The SMILES string of the molecule is CCc1cc(OCC(F)(F)CC)cc(CC)c1/C1=C(\O)NCCOCCNC1=O. The van der Waals surface area contributed by atoms with Crippen LogP contribution in [0.1, 0.15) is 43.9 Å². The van der Waals surface area contributed by atoms with Gasteiger partial charge in [-0.1, -0.05) is 20.8 Å². The minimum Gasteiger partial charge on any atom is -0.494 e. The Hall–Kier alpha value is -2.35. The molecule has 1 aromatic rings. The van der Waals surface area contributed by atoms with Gasteiger partial charge in [0.1, 0.15) is 11.3 Å². The maximum absolute atomic E-state index is 13.6. The van der Waals surface area contributed by atoms with Crippen LogP contribution < -0.4 is 15.4 Å². The molecule has 162 valence electrons. The molecule has 1 aliphatic rings. The standard InChI is InChI=1S/C21H30F2N2O4/c1-4-14-11-16(29-13-21(22,23)6-3)12-15(5-2)17(14)18-19(26)24-7-9-28-10-8-25-20(18)27/h11-12,24,26H,4-10,13H2,1-3H3,(H,25,27)/b19-18+. The highest BCUT2D eigenvalue weighted by atomic mass is 19.3. The third-order valence-corrected chi connectivity index (χ3v) is 4.79. The number of amides is 1. The molecule has 6 nitrogen and oxygen atoms in total. The van der Waals surface area contributed by atoms with E-state index in [0.29, 0.717) is 50.5 Å². The predicted octanol–water partition coefficient (Wildman–Crippen LogP) is 3.20. The number of aliphatic hydroxyl groups is 1. The molecule has 3 N–H and O–H groups in total. The average Bonchev–Trinajstić information content (AvgIpc) is 2.71. The molecule has 29 heavy (non-hydrogen) atoms. The van der Waals surface area contributed by atoms with Crippen molar-refractivity contribution in [3.05, 3.63) is 34.7 Å². The zero-order valence-corrected chi connectivity index (χ0v) is 17.2. The monoisotopic (exact) mass is 412 g/mol. The van der Waals surface area contributed by atoms with Crippen molar-refractivity contribution in [1.29, 1.82) is 0 Å². The van der Waals surface area contributed by atoms with Crippen LogP contribution in [0.5, 0.6) is 5.75 Å². The van der Waals surface area contributed by atoms with Crippen molar-refractivity contribution in [3.63, 3.8) is 0 Å². The lowest BCUT2D eigenvalue weighted by atomic mass is 9.90. The van der Waals surface area contributed by atoms with E-state index in [1.165, 1.54) is 6.92 Å². The average molecular weight is 412 g/mol. The number of alkyl halides is 2. The van der Waals surface area contributed by atoms with E-state index in [1.54, 1.807) is 12.1 Å². The van der Waals surface area contributed by atoms with Crippen molar-refractivity contribution in [2.75, 3.05) is 32.9 Å². The summed E-state index contributed by atoms with van der Waals surface area (Å²) in [7, 11) is 0. The van der Waals surface area contributed by atoms with Crippen molar-refractivity contribution in [1.82, 2.24) is 10.6 Å². The molecule has 0 saturated carbocycles. The van der Waals surface area contributed by atoms with E-state index in [4.69, 9.17) is 9.47 Å². The van der Waals surface area contributed by atoms with Gasteiger partial charge in [0.2, 0.25) is 0 Å². The normalized spacial score (nSPS) is 18.7. The lowest BCUT2D eigenvalue weighted by Crippen LogP contribution is -2.34. The van der Waals surface area contributed by atoms with Gasteiger partial charge in [-0.2, -0.15) is 0 Å². The Morgan fingerprint density at radius 2 is 1.69 bits per heavy atom. The Kier molecular flexibility index (Phi) is 8.25. The molecule has 0 spiro atoms. The summed E-state index contributed by atoms with van der Waals surface area (Å²) in [4.78, 5) is 12.8. The topological polar surface area (TPSA) is 79.8 Å². The summed E-state index contributed by atoms with van der Waals surface area (Å²) < 4.78 is 37.9. The van der Waals surface area contributed by atoms with Crippen molar-refractivity contribution >= 4 is 11.5 Å². The van der Waals surface area contributed by atoms with Gasteiger partial charge in [-0.05, 0) is 41.7 Å². The van der Waals surface area contributed by atoms with E-state index in [1.807, 2.05) is 13.8 Å². The first kappa shape index (κ1) is 22.9. The minimum absolute atomic E-state index is 0.144. The molecule has 1 aromatic carbocycles. The second-order valence-corrected chi connectivity index (χ2v) is 6.84. The van der Waals surface area contributed by atoms with Crippen LogP contribution in [-0.2, 0) is 22.4 Å². The summed E-state index contributed by atoms with van der Waals surface area (Å²) in [6, 6.07) is 3.32. The Balaban J connectivity index is 2.49. The first-order valence-corrected chi connectivity index (χ1v) is 10.0. The highest BCUT2D eigenvalue weighted by molar-refractivity contribution is 6.20. The Morgan fingerprint density at radius 1 is 1.10 bits per heavy atom. The van der Waals surface area contributed by atoms with E-state index in [0.717, 1.165) is 11.1 Å². The smallest absolute Gasteiger partial charge is 0.281 e. The van der Waals surface area contributed by atoms with Gasteiger partial charge in [-0.3, -0.25) is 4.79 Å². The fraction of sp³-hybridized carbons (Fsp3) is 0.571. The van der Waals surface area contributed by atoms with Crippen LogP contribution in [-0.4, -0.2) is 49.8 Å². The van der Waals surface area contributed by atoms with Gasteiger partial charge in [0.25, 0.3) is 11.8 Å². The summed E-state index contributed by atoms with van der Waals surface area (Å²) in [5.74, 6) is -3.22. The molecule has 8 heteroatoms. The molecule has 0 unspecified atom stereocenters. The quantitative estimate of drug-likeness (QED) is 0.641. The van der Waals surface area contributed by atoms with Crippen molar-refractivity contribution in [2.24, 2.45) is 0 Å². The molecule has 0 atom stereocenters. The molecule has 2 rings (SSSR count). The number of hydrogen-bond donors (Lipinski definition) is 3. The van der Waals surface area contributed by atoms with Crippen LogP contribution in [0.15, 0.2) is 18.0 Å². The molecular weight excluding hydrogens is 382 g/mol.